The van der Waals surface area contributed by atoms with Crippen molar-refractivity contribution in [3.63, 3.8) is 0 Å². The molecule has 0 amide bonds. The van der Waals surface area contributed by atoms with Gasteiger partial charge in [-0.25, -0.2) is 0 Å². The first-order valence-electron chi connectivity index (χ1n) is 6.67. The van der Waals surface area contributed by atoms with Gasteiger partial charge in [-0.1, -0.05) is 48.6 Å². The molecule has 21 heavy (non-hydrogen) atoms. The highest BCUT2D eigenvalue weighted by Crippen LogP contribution is 2.41. The van der Waals surface area contributed by atoms with E-state index < -0.39 is 5.92 Å². The van der Waals surface area contributed by atoms with E-state index in [1.807, 2.05) is 42.5 Å². The second-order valence-electron chi connectivity index (χ2n) is 4.78. The Kier molecular flexibility index (Phi) is 3.56. The van der Waals surface area contributed by atoms with Crippen LogP contribution in [0.4, 0.5) is 0 Å². The molecule has 3 nitrogen and oxygen atoms in total. The van der Waals surface area contributed by atoms with E-state index in [1.165, 1.54) is 6.07 Å². The second kappa shape index (κ2) is 5.67. The summed E-state index contributed by atoms with van der Waals surface area (Å²) in [5.74, 6) is 0.810. The van der Waals surface area contributed by atoms with Gasteiger partial charge in [-0.3, -0.25) is 0 Å². The predicted octanol–water partition coefficient (Wildman–Crippen LogP) is 3.66. The van der Waals surface area contributed by atoms with Crippen LogP contribution in [-0.4, -0.2) is 11.4 Å². The number of hydrogen-bond donors (Lipinski definition) is 1. The number of benzene rings is 2. The van der Waals surface area contributed by atoms with E-state index in [0.29, 0.717) is 11.5 Å². The topological polar surface area (TPSA) is 46.5 Å². The third kappa shape index (κ3) is 2.72. The van der Waals surface area contributed by atoms with Gasteiger partial charge < -0.3 is 14.6 Å². The first-order valence-corrected chi connectivity index (χ1v) is 6.67. The van der Waals surface area contributed by atoms with E-state index in [1.54, 1.807) is 18.2 Å². The molecule has 3 rings (SSSR count). The maximum absolute atomic E-state index is 11.3. The Morgan fingerprint density at radius 3 is 2.67 bits per heavy atom. The average Bonchev–Trinajstić information content (AvgIpc) is 2.84. The number of rotatable bonds is 3. The molecule has 2 aromatic carbocycles. The minimum atomic E-state index is -0.416. The van der Waals surface area contributed by atoms with Crippen LogP contribution in [0.2, 0.25) is 0 Å². The Labute approximate surface area is 122 Å². The molecule has 1 atom stereocenters. The van der Waals surface area contributed by atoms with Gasteiger partial charge in [-0.2, -0.15) is 0 Å². The number of phenolic OH excluding ortho intramolecular Hbond substituents is 1. The lowest BCUT2D eigenvalue weighted by Crippen LogP contribution is -1.99. The van der Waals surface area contributed by atoms with E-state index in [0.717, 1.165) is 17.4 Å². The normalized spacial score (nSPS) is 18.7. The first-order chi connectivity index (χ1) is 10.3. The van der Waals surface area contributed by atoms with Gasteiger partial charge in [0.05, 0.1) is 0 Å². The molecule has 0 aromatic heterocycles. The molecule has 3 heteroatoms. The molecule has 1 heterocycles. The van der Waals surface area contributed by atoms with E-state index in [9.17, 15) is 9.90 Å². The molecule has 1 N–H and O–H groups in total. The summed E-state index contributed by atoms with van der Waals surface area (Å²) in [6.45, 7) is 0. The van der Waals surface area contributed by atoms with Gasteiger partial charge in [0.15, 0.2) is 0 Å². The van der Waals surface area contributed by atoms with Crippen LogP contribution in [0.1, 0.15) is 17.0 Å². The first kappa shape index (κ1) is 13.2. The van der Waals surface area contributed by atoms with Crippen molar-refractivity contribution in [3.05, 3.63) is 77.6 Å². The summed E-state index contributed by atoms with van der Waals surface area (Å²) < 4.78 is 5.65. The molecule has 1 unspecified atom stereocenters. The minimum absolute atomic E-state index is 0.125. The third-order valence-electron chi connectivity index (χ3n) is 3.35. The Morgan fingerprint density at radius 2 is 1.90 bits per heavy atom. The number of aldehydes is 1. The number of carbonyl (C=O) groups is 1. The largest absolute Gasteiger partial charge is 0.508 e. The fraction of sp³-hybridized carbons (Fsp3) is 0.0556. The summed E-state index contributed by atoms with van der Waals surface area (Å²) in [7, 11) is 0. The molecule has 1 aliphatic heterocycles. The smallest absolute Gasteiger partial charge is 0.135 e. The van der Waals surface area contributed by atoms with Crippen molar-refractivity contribution >= 4 is 12.4 Å². The summed E-state index contributed by atoms with van der Waals surface area (Å²) in [6.07, 6.45) is 6.43. The van der Waals surface area contributed by atoms with Crippen LogP contribution in [0.15, 0.2) is 66.4 Å². The van der Waals surface area contributed by atoms with Crippen molar-refractivity contribution in [1.82, 2.24) is 0 Å². The molecule has 2 aromatic rings. The Morgan fingerprint density at radius 1 is 1.10 bits per heavy atom. The molecule has 0 fully saturated rings. The van der Waals surface area contributed by atoms with Crippen LogP contribution in [0.3, 0.4) is 0 Å². The lowest BCUT2D eigenvalue weighted by Gasteiger charge is -2.00. The SMILES string of the molecule is O=CC1C(=CC=Cc2ccccc2)Oc2cc(O)ccc21. The molecule has 0 radical (unpaired) electrons. The number of ether oxygens (including phenoxy) is 1. The fourth-order valence-electron chi connectivity index (χ4n) is 2.31. The number of allylic oxidation sites excluding steroid dienone is 3. The standard InChI is InChI=1S/C18H14O3/c19-12-16-15-10-9-14(20)11-18(15)21-17(16)8-4-7-13-5-2-1-3-6-13/h1-12,16,20H. The molecule has 0 aliphatic carbocycles. The zero-order valence-corrected chi connectivity index (χ0v) is 11.3. The van der Waals surface area contributed by atoms with Gasteiger partial charge in [0.2, 0.25) is 0 Å². The van der Waals surface area contributed by atoms with Gasteiger partial charge in [-0.05, 0) is 17.7 Å². The monoisotopic (exact) mass is 278 g/mol. The van der Waals surface area contributed by atoms with Crippen LogP contribution in [0, 0.1) is 0 Å². The fourth-order valence-corrected chi connectivity index (χ4v) is 2.31. The van der Waals surface area contributed by atoms with Crippen molar-refractivity contribution < 1.29 is 14.6 Å². The van der Waals surface area contributed by atoms with Crippen molar-refractivity contribution in [2.75, 3.05) is 0 Å². The second-order valence-corrected chi connectivity index (χ2v) is 4.78. The van der Waals surface area contributed by atoms with Crippen LogP contribution in [-0.2, 0) is 4.79 Å². The highest BCUT2D eigenvalue weighted by atomic mass is 16.5. The molecule has 1 aliphatic rings. The summed E-state index contributed by atoms with van der Waals surface area (Å²) in [5, 5.41) is 9.46. The number of phenols is 1. The summed E-state index contributed by atoms with van der Waals surface area (Å²) in [5.41, 5.74) is 1.85. The quantitative estimate of drug-likeness (QED) is 0.871. The summed E-state index contributed by atoms with van der Waals surface area (Å²) in [4.78, 5) is 11.3. The van der Waals surface area contributed by atoms with Crippen LogP contribution >= 0.6 is 0 Å². The van der Waals surface area contributed by atoms with Crippen LogP contribution in [0.5, 0.6) is 11.5 Å². The Balaban J connectivity index is 1.85. The van der Waals surface area contributed by atoms with Gasteiger partial charge in [0.25, 0.3) is 0 Å². The van der Waals surface area contributed by atoms with Crippen molar-refractivity contribution in [2.45, 2.75) is 5.92 Å². The maximum Gasteiger partial charge on any atom is 0.135 e. The molecule has 104 valence electrons. The minimum Gasteiger partial charge on any atom is -0.508 e. The van der Waals surface area contributed by atoms with Gasteiger partial charge in [0.1, 0.15) is 29.5 Å². The number of fused-ring (bicyclic) bond motifs is 1. The highest BCUT2D eigenvalue weighted by Gasteiger charge is 2.29. The molecule has 0 saturated carbocycles. The molecule has 0 bridgehead atoms. The van der Waals surface area contributed by atoms with E-state index >= 15 is 0 Å². The molecule has 0 saturated heterocycles. The van der Waals surface area contributed by atoms with Crippen molar-refractivity contribution in [1.29, 1.82) is 0 Å². The molecular weight excluding hydrogens is 264 g/mol. The maximum atomic E-state index is 11.3. The Bertz CT molecular complexity index is 714. The van der Waals surface area contributed by atoms with Gasteiger partial charge in [-0.15, -0.1) is 0 Å². The highest BCUT2D eigenvalue weighted by molar-refractivity contribution is 5.72. The lowest BCUT2D eigenvalue weighted by atomic mass is 10.00. The van der Waals surface area contributed by atoms with E-state index in [-0.39, 0.29) is 5.75 Å². The van der Waals surface area contributed by atoms with Gasteiger partial charge >= 0.3 is 0 Å². The zero-order chi connectivity index (χ0) is 14.7. The molecular formula is C18H14O3. The third-order valence-corrected chi connectivity index (χ3v) is 3.35. The van der Waals surface area contributed by atoms with Crippen LogP contribution < -0.4 is 4.74 Å². The van der Waals surface area contributed by atoms with E-state index in [2.05, 4.69) is 0 Å². The lowest BCUT2D eigenvalue weighted by molar-refractivity contribution is -0.108. The van der Waals surface area contributed by atoms with Crippen LogP contribution in [0.25, 0.3) is 6.08 Å². The average molecular weight is 278 g/mol. The van der Waals surface area contributed by atoms with Crippen molar-refractivity contribution in [2.24, 2.45) is 0 Å². The van der Waals surface area contributed by atoms with E-state index in [4.69, 9.17) is 4.74 Å². The van der Waals surface area contributed by atoms with Gasteiger partial charge in [0, 0.05) is 11.6 Å². The molecule has 0 spiro atoms. The number of hydrogen-bond acceptors (Lipinski definition) is 3. The summed E-state index contributed by atoms with van der Waals surface area (Å²) >= 11 is 0. The van der Waals surface area contributed by atoms with Crippen molar-refractivity contribution in [3.8, 4) is 11.5 Å². The predicted molar refractivity (Wildman–Crippen MR) is 81.1 cm³/mol. The Hall–Kier alpha value is -2.81. The zero-order valence-electron chi connectivity index (χ0n) is 11.3. The number of carbonyl (C=O) groups excluding carboxylic acids is 1. The number of aromatic hydroxyl groups is 1. The summed E-state index contributed by atoms with van der Waals surface area (Å²) in [6, 6.07) is 14.7.